The molecule has 2 amide bonds. The Bertz CT molecular complexity index is 960. The molecule has 2 N–H and O–H groups in total. The van der Waals surface area contributed by atoms with Gasteiger partial charge in [-0.25, -0.2) is 4.98 Å². The minimum absolute atomic E-state index is 0.0662. The molecule has 4 atom stereocenters. The number of carbonyl (C=O) groups excluding carboxylic acids is 3. The number of hydrogen-bond donors (Lipinski definition) is 2. The first kappa shape index (κ1) is 27.7. The van der Waals surface area contributed by atoms with Crippen molar-refractivity contribution in [2.24, 2.45) is 11.8 Å². The van der Waals surface area contributed by atoms with Gasteiger partial charge in [0.2, 0.25) is 5.91 Å². The topological polar surface area (TPSA) is 99.6 Å². The molecule has 7 nitrogen and oxygen atoms in total. The van der Waals surface area contributed by atoms with Crippen molar-refractivity contribution in [3.63, 3.8) is 0 Å². The molecule has 34 heavy (non-hydrogen) atoms. The van der Waals surface area contributed by atoms with Gasteiger partial charge in [-0.15, -0.1) is 11.3 Å². The fraction of sp³-hybridized carbons (Fsp3) is 0.538. The molecule has 0 aliphatic heterocycles. The van der Waals surface area contributed by atoms with E-state index in [1.807, 2.05) is 19.9 Å². The molecule has 0 aliphatic carbocycles. The Morgan fingerprint density at radius 3 is 2.35 bits per heavy atom. The molecule has 0 aliphatic rings. The lowest BCUT2D eigenvalue weighted by molar-refractivity contribution is -0.134. The summed E-state index contributed by atoms with van der Waals surface area (Å²) in [5.74, 6) is -0.129. The summed E-state index contributed by atoms with van der Waals surface area (Å²) in [6.45, 7) is 9.80. The zero-order valence-corrected chi connectivity index (χ0v) is 21.8. The molecule has 186 valence electrons. The first-order valence-electron chi connectivity index (χ1n) is 11.8. The number of thiazole rings is 1. The number of rotatable bonds is 12. The third-order valence-corrected chi connectivity index (χ3v) is 7.13. The van der Waals surface area contributed by atoms with Crippen LogP contribution in [0.3, 0.4) is 0 Å². The molecule has 0 saturated carbocycles. The van der Waals surface area contributed by atoms with E-state index in [4.69, 9.17) is 0 Å². The Balaban J connectivity index is 2.02. The van der Waals surface area contributed by atoms with Crippen molar-refractivity contribution in [3.8, 4) is 0 Å². The first-order valence-corrected chi connectivity index (χ1v) is 12.7. The van der Waals surface area contributed by atoms with Gasteiger partial charge in [-0.2, -0.15) is 0 Å². The number of ketones is 1. The summed E-state index contributed by atoms with van der Waals surface area (Å²) in [6, 6.07) is 7.92. The molecule has 8 heteroatoms. The second-order valence-corrected chi connectivity index (χ2v) is 10.2. The summed E-state index contributed by atoms with van der Waals surface area (Å²) < 4.78 is 0. The van der Waals surface area contributed by atoms with Gasteiger partial charge in [-0.3, -0.25) is 14.4 Å². The van der Waals surface area contributed by atoms with Gasteiger partial charge in [0.1, 0.15) is 16.8 Å². The maximum absolute atomic E-state index is 12.7. The Kier molecular flexibility index (Phi) is 10.4. The second-order valence-electron chi connectivity index (χ2n) is 9.28. The highest BCUT2D eigenvalue weighted by Crippen LogP contribution is 2.27. The van der Waals surface area contributed by atoms with Crippen LogP contribution in [0, 0.1) is 11.8 Å². The highest BCUT2D eigenvalue weighted by Gasteiger charge is 2.28. The van der Waals surface area contributed by atoms with Gasteiger partial charge in [-0.1, -0.05) is 64.4 Å². The van der Waals surface area contributed by atoms with Crippen LogP contribution < -0.4 is 5.32 Å². The number of aliphatic hydroxyl groups excluding tert-OH is 1. The van der Waals surface area contributed by atoms with Crippen molar-refractivity contribution in [1.29, 1.82) is 0 Å². The fourth-order valence-corrected chi connectivity index (χ4v) is 4.51. The Hall–Kier alpha value is -2.58. The van der Waals surface area contributed by atoms with E-state index < -0.39 is 18.1 Å². The smallest absolute Gasteiger partial charge is 0.271 e. The van der Waals surface area contributed by atoms with Gasteiger partial charge in [-0.05, 0) is 18.8 Å². The summed E-state index contributed by atoms with van der Waals surface area (Å²) >= 11 is 1.20. The average Bonchev–Trinajstić information content (AvgIpc) is 3.32. The van der Waals surface area contributed by atoms with E-state index in [1.54, 1.807) is 48.5 Å². The van der Waals surface area contributed by atoms with Gasteiger partial charge >= 0.3 is 0 Å². The molecule has 2 rings (SSSR count). The summed E-state index contributed by atoms with van der Waals surface area (Å²) in [5.41, 5.74) is 0.686. The van der Waals surface area contributed by atoms with E-state index >= 15 is 0 Å². The van der Waals surface area contributed by atoms with E-state index in [9.17, 15) is 19.5 Å². The van der Waals surface area contributed by atoms with Crippen LogP contribution in [-0.4, -0.2) is 51.7 Å². The average molecular weight is 488 g/mol. The number of nitrogens with zero attached hydrogens (tertiary/aromatic N) is 2. The number of nitrogens with one attached hydrogen (secondary N) is 1. The molecule has 0 unspecified atom stereocenters. The van der Waals surface area contributed by atoms with Gasteiger partial charge in [0, 0.05) is 36.9 Å². The summed E-state index contributed by atoms with van der Waals surface area (Å²) in [4.78, 5) is 43.9. The van der Waals surface area contributed by atoms with Crippen molar-refractivity contribution in [2.45, 2.75) is 72.1 Å². The number of benzene rings is 1. The van der Waals surface area contributed by atoms with Crippen molar-refractivity contribution >= 4 is 28.9 Å². The number of carbonyl (C=O) groups is 3. The monoisotopic (exact) mass is 487 g/mol. The Morgan fingerprint density at radius 2 is 1.76 bits per heavy atom. The van der Waals surface area contributed by atoms with Crippen LogP contribution in [0.4, 0.5) is 0 Å². The number of amides is 2. The minimum Gasteiger partial charge on any atom is -0.386 e. The van der Waals surface area contributed by atoms with E-state index in [0.717, 1.165) is 6.42 Å². The summed E-state index contributed by atoms with van der Waals surface area (Å²) in [7, 11) is 1.79. The van der Waals surface area contributed by atoms with Crippen molar-refractivity contribution in [1.82, 2.24) is 15.2 Å². The maximum atomic E-state index is 12.7. The van der Waals surface area contributed by atoms with Crippen LogP contribution in [0.5, 0.6) is 0 Å². The molecule has 1 heterocycles. The van der Waals surface area contributed by atoms with E-state index in [-0.39, 0.29) is 29.3 Å². The highest BCUT2D eigenvalue weighted by atomic mass is 32.1. The third-order valence-electron chi connectivity index (χ3n) is 6.18. The molecule has 0 bridgehead atoms. The standard InChI is InChI=1S/C26H37N3O4S/c1-7-17(4)13-23(31)29(6)21(16(2)3)14-22(30)26-28-20(15-34-26)25(33)27-18(5)24(32)19-11-9-8-10-12-19/h8-12,15-18,21-22,30H,7,13-14H2,1-6H3,(H,27,33)/t17-,18+,21+,22+/m0/s1. The quantitative estimate of drug-likeness (QED) is 0.430. The number of Topliss-reactive ketones (excluding diaryl/α,β-unsaturated/α-hetero) is 1. The Labute approximate surface area is 206 Å². The number of aliphatic hydroxyl groups is 1. The molecular weight excluding hydrogens is 450 g/mol. The summed E-state index contributed by atoms with van der Waals surface area (Å²) in [6.07, 6.45) is 0.848. The van der Waals surface area contributed by atoms with E-state index in [0.29, 0.717) is 29.3 Å². The third kappa shape index (κ3) is 7.46. The number of aromatic nitrogens is 1. The van der Waals surface area contributed by atoms with Crippen molar-refractivity contribution < 1.29 is 19.5 Å². The normalized spacial score (nSPS) is 14.8. The van der Waals surface area contributed by atoms with Crippen LogP contribution in [0.15, 0.2) is 35.7 Å². The van der Waals surface area contributed by atoms with Gasteiger partial charge in [0.15, 0.2) is 5.78 Å². The zero-order valence-electron chi connectivity index (χ0n) is 20.9. The maximum Gasteiger partial charge on any atom is 0.271 e. The largest absolute Gasteiger partial charge is 0.386 e. The van der Waals surface area contributed by atoms with E-state index in [1.165, 1.54) is 11.3 Å². The van der Waals surface area contributed by atoms with Gasteiger partial charge < -0.3 is 15.3 Å². The van der Waals surface area contributed by atoms with Crippen molar-refractivity contribution in [2.75, 3.05) is 7.05 Å². The molecule has 0 saturated heterocycles. The lowest BCUT2D eigenvalue weighted by Gasteiger charge is -2.33. The molecule has 1 aromatic heterocycles. The van der Waals surface area contributed by atoms with Crippen LogP contribution in [-0.2, 0) is 4.79 Å². The minimum atomic E-state index is -0.902. The highest BCUT2D eigenvalue weighted by molar-refractivity contribution is 7.09. The molecule has 0 radical (unpaired) electrons. The predicted octanol–water partition coefficient (Wildman–Crippen LogP) is 4.49. The van der Waals surface area contributed by atoms with Crippen LogP contribution in [0.2, 0.25) is 0 Å². The molecular formula is C26H37N3O4S. The zero-order chi connectivity index (χ0) is 25.4. The molecule has 1 aromatic carbocycles. The SMILES string of the molecule is CC[C@H](C)CC(=O)N(C)[C@H](C[C@@H](O)c1nc(C(=O)N[C@H](C)C(=O)c2ccccc2)cs1)C(C)C. The molecule has 0 spiro atoms. The lowest BCUT2D eigenvalue weighted by atomic mass is 9.95. The second kappa shape index (κ2) is 12.8. The van der Waals surface area contributed by atoms with Gasteiger partial charge in [0.25, 0.3) is 5.91 Å². The van der Waals surface area contributed by atoms with Crippen LogP contribution in [0.1, 0.15) is 85.8 Å². The predicted molar refractivity (Wildman–Crippen MR) is 135 cm³/mol. The molecule has 2 aromatic rings. The first-order chi connectivity index (χ1) is 16.0. The lowest BCUT2D eigenvalue weighted by Crippen LogP contribution is -2.41. The fourth-order valence-electron chi connectivity index (χ4n) is 3.71. The Morgan fingerprint density at radius 1 is 1.12 bits per heavy atom. The van der Waals surface area contributed by atoms with Crippen LogP contribution >= 0.6 is 11.3 Å². The van der Waals surface area contributed by atoms with E-state index in [2.05, 4.69) is 24.1 Å². The summed E-state index contributed by atoms with van der Waals surface area (Å²) in [5, 5.41) is 15.5. The van der Waals surface area contributed by atoms with Crippen LogP contribution in [0.25, 0.3) is 0 Å². The number of hydrogen-bond acceptors (Lipinski definition) is 6. The molecule has 0 fully saturated rings. The van der Waals surface area contributed by atoms with Crippen molar-refractivity contribution in [3.05, 3.63) is 52.0 Å². The van der Waals surface area contributed by atoms with Gasteiger partial charge in [0.05, 0.1) is 6.04 Å².